The highest BCUT2D eigenvalue weighted by Crippen LogP contribution is 2.24. The minimum atomic E-state index is -3.49. The Balaban J connectivity index is 1.38. The quantitative estimate of drug-likeness (QED) is 0.883. The van der Waals surface area contributed by atoms with E-state index in [1.807, 2.05) is 41.3 Å². The van der Waals surface area contributed by atoms with Gasteiger partial charge in [-0.1, -0.05) is 30.3 Å². The number of rotatable bonds is 3. The number of nitrogens with one attached hydrogen (secondary N) is 1. The van der Waals surface area contributed by atoms with E-state index < -0.39 is 10.0 Å². The lowest BCUT2D eigenvalue weighted by molar-refractivity contribution is 0.0693. The first-order chi connectivity index (χ1) is 13.0. The largest absolute Gasteiger partial charge is 0.339 e. The lowest BCUT2D eigenvalue weighted by Crippen LogP contribution is -2.39. The van der Waals surface area contributed by atoms with Gasteiger partial charge < -0.3 is 4.90 Å². The van der Waals surface area contributed by atoms with Gasteiger partial charge >= 0.3 is 0 Å². The molecule has 27 heavy (non-hydrogen) atoms. The van der Waals surface area contributed by atoms with Crippen molar-refractivity contribution in [2.24, 2.45) is 10.9 Å². The number of amides is 1. The van der Waals surface area contributed by atoms with E-state index in [0.717, 1.165) is 12.8 Å². The fraction of sp³-hybridized carbons (Fsp3) is 0.300. The van der Waals surface area contributed by atoms with Gasteiger partial charge in [0.25, 0.3) is 15.9 Å². The van der Waals surface area contributed by atoms with Crippen molar-refractivity contribution in [3.05, 3.63) is 65.7 Å². The van der Waals surface area contributed by atoms with E-state index in [0.29, 0.717) is 42.5 Å². The van der Waals surface area contributed by atoms with Crippen LogP contribution in [0.1, 0.15) is 28.8 Å². The molecule has 0 saturated carbocycles. The fourth-order valence-electron chi connectivity index (χ4n) is 3.55. The highest BCUT2D eigenvalue weighted by atomic mass is 32.2. The topological polar surface area (TPSA) is 78.8 Å². The number of sulfonamides is 1. The summed E-state index contributed by atoms with van der Waals surface area (Å²) in [6.45, 7) is 1.96. The minimum absolute atomic E-state index is 0.0674. The van der Waals surface area contributed by atoms with Crippen molar-refractivity contribution >= 4 is 21.8 Å². The molecule has 1 saturated heterocycles. The zero-order chi connectivity index (χ0) is 18.9. The third-order valence-electron chi connectivity index (χ3n) is 5.09. The van der Waals surface area contributed by atoms with E-state index in [1.165, 1.54) is 0 Å². The van der Waals surface area contributed by atoms with Crippen LogP contribution in [0.2, 0.25) is 0 Å². The van der Waals surface area contributed by atoms with E-state index in [9.17, 15) is 13.2 Å². The molecule has 1 fully saturated rings. The standard InChI is InChI=1S/C20H21N3O3S/c24-20(16-6-2-1-3-7-16)23-12-10-15(11-13-23)14-21-19-17-8-4-5-9-18(17)27(25,26)22-19/h1-9,15H,10-14H2,(H,21,22). The molecule has 140 valence electrons. The maximum Gasteiger partial charge on any atom is 0.263 e. The van der Waals surface area contributed by atoms with Gasteiger partial charge in [0.1, 0.15) is 5.84 Å². The highest BCUT2D eigenvalue weighted by Gasteiger charge is 2.30. The number of carbonyl (C=O) groups is 1. The number of amidine groups is 1. The van der Waals surface area contributed by atoms with Gasteiger partial charge in [0.05, 0.1) is 4.90 Å². The first-order valence-corrected chi connectivity index (χ1v) is 10.5. The van der Waals surface area contributed by atoms with Crippen molar-refractivity contribution in [2.45, 2.75) is 17.7 Å². The number of hydrogen-bond donors (Lipinski definition) is 1. The van der Waals surface area contributed by atoms with Gasteiger partial charge in [-0.2, -0.15) is 0 Å². The first-order valence-electron chi connectivity index (χ1n) is 9.05. The van der Waals surface area contributed by atoms with Gasteiger partial charge in [0.2, 0.25) is 0 Å². The number of carbonyl (C=O) groups excluding carboxylic acids is 1. The Labute approximate surface area is 159 Å². The Morgan fingerprint density at radius 1 is 1.04 bits per heavy atom. The third kappa shape index (κ3) is 3.60. The second kappa shape index (κ2) is 7.15. The monoisotopic (exact) mass is 383 g/mol. The normalized spacial score (nSPS) is 20.3. The van der Waals surface area contributed by atoms with Crippen LogP contribution in [0, 0.1) is 5.92 Å². The summed E-state index contributed by atoms with van der Waals surface area (Å²) in [6.07, 6.45) is 1.73. The molecule has 0 spiro atoms. The van der Waals surface area contributed by atoms with Crippen LogP contribution in [0.5, 0.6) is 0 Å². The highest BCUT2D eigenvalue weighted by molar-refractivity contribution is 7.90. The van der Waals surface area contributed by atoms with Crippen LogP contribution in [0.3, 0.4) is 0 Å². The summed E-state index contributed by atoms with van der Waals surface area (Å²) in [4.78, 5) is 19.2. The molecule has 0 bridgehead atoms. The number of benzene rings is 2. The average Bonchev–Trinajstić information content (AvgIpc) is 2.97. The third-order valence-corrected chi connectivity index (χ3v) is 6.49. The summed E-state index contributed by atoms with van der Waals surface area (Å²) < 4.78 is 26.8. The lowest BCUT2D eigenvalue weighted by atomic mass is 9.96. The second-order valence-corrected chi connectivity index (χ2v) is 8.54. The molecule has 1 amide bonds. The molecule has 4 rings (SSSR count). The van der Waals surface area contributed by atoms with Crippen LogP contribution in [0.25, 0.3) is 0 Å². The minimum Gasteiger partial charge on any atom is -0.339 e. The summed E-state index contributed by atoms with van der Waals surface area (Å²) in [6, 6.07) is 16.2. The maximum atomic E-state index is 12.5. The predicted octanol–water partition coefficient (Wildman–Crippen LogP) is 2.28. The number of hydrogen-bond acceptors (Lipinski definition) is 4. The van der Waals surface area contributed by atoms with Gasteiger partial charge in [-0.25, -0.2) is 8.42 Å². The molecule has 0 radical (unpaired) electrons. The second-order valence-electron chi connectivity index (χ2n) is 6.89. The zero-order valence-corrected chi connectivity index (χ0v) is 15.7. The van der Waals surface area contributed by atoms with E-state index >= 15 is 0 Å². The smallest absolute Gasteiger partial charge is 0.263 e. The molecule has 0 aliphatic carbocycles. The van der Waals surface area contributed by atoms with Gasteiger partial charge in [-0.3, -0.25) is 14.5 Å². The summed E-state index contributed by atoms with van der Waals surface area (Å²) in [7, 11) is -3.49. The Morgan fingerprint density at radius 2 is 1.70 bits per heavy atom. The SMILES string of the molecule is O=C(c1ccccc1)N1CCC(CN=C2NS(=O)(=O)c3ccccc32)CC1. The van der Waals surface area contributed by atoms with Crippen LogP contribution in [0.4, 0.5) is 0 Å². The molecule has 6 nitrogen and oxygen atoms in total. The molecule has 0 unspecified atom stereocenters. The first kappa shape index (κ1) is 17.7. The summed E-state index contributed by atoms with van der Waals surface area (Å²) in [5.41, 5.74) is 1.35. The molecule has 2 aromatic carbocycles. The van der Waals surface area contributed by atoms with E-state index in [-0.39, 0.29) is 10.8 Å². The molecule has 2 heterocycles. The Bertz CT molecular complexity index is 979. The van der Waals surface area contributed by atoms with Gasteiger partial charge in [-0.15, -0.1) is 0 Å². The molecular weight excluding hydrogens is 362 g/mol. The van der Waals surface area contributed by atoms with Crippen molar-refractivity contribution in [3.8, 4) is 0 Å². The number of nitrogens with zero attached hydrogens (tertiary/aromatic N) is 2. The predicted molar refractivity (Wildman–Crippen MR) is 103 cm³/mol. The fourth-order valence-corrected chi connectivity index (χ4v) is 4.80. The molecule has 0 atom stereocenters. The Kier molecular flexibility index (Phi) is 4.70. The van der Waals surface area contributed by atoms with E-state index in [1.54, 1.807) is 18.2 Å². The lowest BCUT2D eigenvalue weighted by Gasteiger charge is -2.31. The van der Waals surface area contributed by atoms with Crippen molar-refractivity contribution in [1.29, 1.82) is 0 Å². The average molecular weight is 383 g/mol. The summed E-state index contributed by atoms with van der Waals surface area (Å²) >= 11 is 0. The van der Waals surface area contributed by atoms with Gasteiger partial charge in [-0.05, 0) is 43.0 Å². The van der Waals surface area contributed by atoms with Crippen molar-refractivity contribution in [2.75, 3.05) is 19.6 Å². The molecule has 2 aromatic rings. The van der Waals surface area contributed by atoms with Crippen LogP contribution < -0.4 is 4.72 Å². The number of aliphatic imine (C=N–C) groups is 1. The maximum absolute atomic E-state index is 12.5. The van der Waals surface area contributed by atoms with Crippen LogP contribution >= 0.6 is 0 Å². The number of fused-ring (bicyclic) bond motifs is 1. The molecular formula is C20H21N3O3S. The van der Waals surface area contributed by atoms with Gasteiger partial charge in [0, 0.05) is 30.8 Å². The van der Waals surface area contributed by atoms with Crippen LogP contribution in [0.15, 0.2) is 64.5 Å². The molecule has 2 aliphatic rings. The van der Waals surface area contributed by atoms with Crippen LogP contribution in [-0.4, -0.2) is 44.7 Å². The summed E-state index contributed by atoms with van der Waals surface area (Å²) in [5.74, 6) is 0.834. The number of piperidine rings is 1. The zero-order valence-electron chi connectivity index (χ0n) is 14.8. The van der Waals surface area contributed by atoms with Crippen molar-refractivity contribution < 1.29 is 13.2 Å². The Morgan fingerprint density at radius 3 is 2.44 bits per heavy atom. The Hall–Kier alpha value is -2.67. The van der Waals surface area contributed by atoms with Crippen molar-refractivity contribution in [3.63, 3.8) is 0 Å². The van der Waals surface area contributed by atoms with Crippen LogP contribution in [-0.2, 0) is 10.0 Å². The van der Waals surface area contributed by atoms with E-state index in [4.69, 9.17) is 0 Å². The molecule has 1 N–H and O–H groups in total. The van der Waals surface area contributed by atoms with E-state index in [2.05, 4.69) is 9.71 Å². The molecule has 7 heteroatoms. The number of likely N-dealkylation sites (tertiary alicyclic amines) is 1. The molecule has 0 aromatic heterocycles. The molecule has 2 aliphatic heterocycles. The summed E-state index contributed by atoms with van der Waals surface area (Å²) in [5, 5.41) is 0. The van der Waals surface area contributed by atoms with Gasteiger partial charge in [0.15, 0.2) is 0 Å². The van der Waals surface area contributed by atoms with Crippen molar-refractivity contribution in [1.82, 2.24) is 9.62 Å².